The summed E-state index contributed by atoms with van der Waals surface area (Å²) in [4.78, 5) is 0. The number of halogens is 3. The van der Waals surface area contributed by atoms with Gasteiger partial charge in [-0.15, -0.1) is 0 Å². The lowest BCUT2D eigenvalue weighted by molar-refractivity contribution is 0.303. The van der Waals surface area contributed by atoms with Gasteiger partial charge in [0.1, 0.15) is 0 Å². The van der Waals surface area contributed by atoms with Crippen LogP contribution in [-0.4, -0.2) is 6.61 Å². The fourth-order valence-electron chi connectivity index (χ4n) is 5.39. The molecule has 0 unspecified atom stereocenters. The maximum absolute atomic E-state index is 15.1. The van der Waals surface area contributed by atoms with Crippen LogP contribution in [0.3, 0.4) is 0 Å². The van der Waals surface area contributed by atoms with Crippen molar-refractivity contribution in [3.8, 4) is 16.9 Å². The molecule has 1 saturated carbocycles. The first-order chi connectivity index (χ1) is 17.0. The summed E-state index contributed by atoms with van der Waals surface area (Å²) >= 11 is 0. The number of hydrogen-bond donors (Lipinski definition) is 0. The second kappa shape index (κ2) is 11.8. The molecule has 1 nitrogen and oxygen atoms in total. The van der Waals surface area contributed by atoms with E-state index in [0.717, 1.165) is 49.1 Å². The summed E-state index contributed by atoms with van der Waals surface area (Å²) in [5, 5.41) is 0. The molecule has 1 fully saturated rings. The molecule has 4 heteroatoms. The van der Waals surface area contributed by atoms with Crippen LogP contribution in [-0.2, 0) is 12.8 Å². The molecule has 4 rings (SSSR count). The van der Waals surface area contributed by atoms with E-state index in [9.17, 15) is 4.39 Å². The van der Waals surface area contributed by atoms with Gasteiger partial charge in [-0.25, -0.2) is 13.2 Å². The maximum atomic E-state index is 15.1. The van der Waals surface area contributed by atoms with Crippen molar-refractivity contribution >= 4 is 0 Å². The normalized spacial score (nSPS) is 18.0. The molecule has 35 heavy (non-hydrogen) atoms. The molecule has 0 heterocycles. The smallest absolute Gasteiger partial charge is 0.166 e. The van der Waals surface area contributed by atoms with Crippen molar-refractivity contribution in [2.24, 2.45) is 5.92 Å². The number of ether oxygens (including phenoxy) is 1. The third-order valence-electron chi connectivity index (χ3n) is 7.36. The third-order valence-corrected chi connectivity index (χ3v) is 7.36. The van der Waals surface area contributed by atoms with Crippen molar-refractivity contribution in [3.63, 3.8) is 0 Å². The van der Waals surface area contributed by atoms with Gasteiger partial charge < -0.3 is 4.74 Å². The summed E-state index contributed by atoms with van der Waals surface area (Å²) in [5.41, 5.74) is 3.44. The number of hydrogen-bond acceptors (Lipinski definition) is 1. The highest BCUT2D eigenvalue weighted by Crippen LogP contribution is 2.40. The average molecular weight is 481 g/mol. The van der Waals surface area contributed by atoms with Gasteiger partial charge in [0.05, 0.1) is 6.61 Å². The standard InChI is InChI=1S/C31H35F3O/c1-3-5-21-8-13-24(14-9-21)26-17-18-27(31(34)30(26)33)25-15-10-22(11-16-25)6-7-23-12-19-29(35-4-2)28(32)20-23/h10-12,15-21,24H,3-9,13-14H2,1-2H3. The van der Waals surface area contributed by atoms with E-state index in [2.05, 4.69) is 6.92 Å². The van der Waals surface area contributed by atoms with Gasteiger partial charge in [-0.1, -0.05) is 62.2 Å². The van der Waals surface area contributed by atoms with Crippen LogP contribution in [0.4, 0.5) is 13.2 Å². The Labute approximate surface area is 207 Å². The van der Waals surface area contributed by atoms with Gasteiger partial charge in [-0.05, 0) is 91.7 Å². The van der Waals surface area contributed by atoms with Crippen molar-refractivity contribution in [1.82, 2.24) is 0 Å². The Hall–Kier alpha value is -2.75. The van der Waals surface area contributed by atoms with Crippen LogP contribution in [0.5, 0.6) is 5.75 Å². The molecular weight excluding hydrogens is 445 g/mol. The minimum absolute atomic E-state index is 0.112. The fraction of sp³-hybridized carbons (Fsp3) is 0.419. The van der Waals surface area contributed by atoms with E-state index < -0.39 is 11.6 Å². The molecule has 0 radical (unpaired) electrons. The molecule has 1 aliphatic rings. The van der Waals surface area contributed by atoms with Gasteiger partial charge in [0.2, 0.25) is 0 Å². The highest BCUT2D eigenvalue weighted by molar-refractivity contribution is 5.65. The molecule has 3 aromatic carbocycles. The summed E-state index contributed by atoms with van der Waals surface area (Å²) in [6, 6.07) is 16.1. The van der Waals surface area contributed by atoms with Gasteiger partial charge in [0.15, 0.2) is 23.2 Å². The quantitative estimate of drug-likeness (QED) is 0.297. The first kappa shape index (κ1) is 25.3. The molecule has 0 atom stereocenters. The Morgan fingerprint density at radius 3 is 2.11 bits per heavy atom. The van der Waals surface area contributed by atoms with Crippen molar-refractivity contribution < 1.29 is 17.9 Å². The summed E-state index contributed by atoms with van der Waals surface area (Å²) in [6.45, 7) is 4.45. The predicted octanol–water partition coefficient (Wildman–Crippen LogP) is 9.03. The lowest BCUT2D eigenvalue weighted by atomic mass is 9.77. The van der Waals surface area contributed by atoms with E-state index in [1.54, 1.807) is 18.2 Å². The number of benzene rings is 3. The van der Waals surface area contributed by atoms with Gasteiger partial charge in [0, 0.05) is 5.56 Å². The summed E-state index contributed by atoms with van der Waals surface area (Å²) in [5.74, 6) is -0.685. The van der Waals surface area contributed by atoms with Crippen LogP contribution in [0.15, 0.2) is 54.6 Å². The molecule has 0 spiro atoms. The van der Waals surface area contributed by atoms with Gasteiger partial charge in [0.25, 0.3) is 0 Å². The highest BCUT2D eigenvalue weighted by atomic mass is 19.2. The molecule has 0 saturated heterocycles. The molecule has 0 aliphatic heterocycles. The molecule has 3 aromatic rings. The first-order valence-corrected chi connectivity index (χ1v) is 13.0. The third kappa shape index (κ3) is 6.09. The molecule has 0 amide bonds. The lowest BCUT2D eigenvalue weighted by Crippen LogP contribution is -2.14. The second-order valence-corrected chi connectivity index (χ2v) is 9.73. The predicted molar refractivity (Wildman–Crippen MR) is 136 cm³/mol. The zero-order valence-electron chi connectivity index (χ0n) is 20.8. The second-order valence-electron chi connectivity index (χ2n) is 9.73. The minimum atomic E-state index is -0.754. The zero-order chi connectivity index (χ0) is 24.8. The molecule has 0 aromatic heterocycles. The first-order valence-electron chi connectivity index (χ1n) is 13.0. The molecule has 0 N–H and O–H groups in total. The SMILES string of the molecule is CCCC1CCC(c2ccc(-c3ccc(CCc4ccc(OCC)c(F)c4)cc3)c(F)c2F)CC1. The van der Waals surface area contributed by atoms with Crippen molar-refractivity contribution in [1.29, 1.82) is 0 Å². The zero-order valence-corrected chi connectivity index (χ0v) is 20.8. The van der Waals surface area contributed by atoms with Gasteiger partial charge in [-0.2, -0.15) is 0 Å². The summed E-state index contributed by atoms with van der Waals surface area (Å²) in [7, 11) is 0. The van der Waals surface area contributed by atoms with Crippen LogP contribution < -0.4 is 4.74 Å². The van der Waals surface area contributed by atoms with Crippen molar-refractivity contribution in [2.45, 2.75) is 71.1 Å². The lowest BCUT2D eigenvalue weighted by Gasteiger charge is -2.29. The molecular formula is C31H35F3O. The Kier molecular flexibility index (Phi) is 8.54. The Morgan fingerprint density at radius 1 is 0.771 bits per heavy atom. The maximum Gasteiger partial charge on any atom is 0.166 e. The highest BCUT2D eigenvalue weighted by Gasteiger charge is 2.26. The van der Waals surface area contributed by atoms with Crippen molar-refractivity contribution in [2.75, 3.05) is 6.61 Å². The Balaban J connectivity index is 1.41. The van der Waals surface area contributed by atoms with E-state index in [0.29, 0.717) is 29.7 Å². The van der Waals surface area contributed by atoms with Crippen LogP contribution >= 0.6 is 0 Å². The van der Waals surface area contributed by atoms with E-state index in [1.807, 2.05) is 37.3 Å². The van der Waals surface area contributed by atoms with E-state index >= 15 is 8.78 Å². The topological polar surface area (TPSA) is 9.23 Å². The Bertz CT molecular complexity index is 1110. The van der Waals surface area contributed by atoms with Crippen molar-refractivity contribution in [3.05, 3.63) is 88.7 Å². The fourth-order valence-corrected chi connectivity index (χ4v) is 5.39. The molecule has 1 aliphatic carbocycles. The van der Waals surface area contributed by atoms with E-state index in [4.69, 9.17) is 4.74 Å². The van der Waals surface area contributed by atoms with E-state index in [-0.39, 0.29) is 17.5 Å². The van der Waals surface area contributed by atoms with Crippen LogP contribution in [0.25, 0.3) is 11.1 Å². The summed E-state index contributed by atoms with van der Waals surface area (Å²) in [6.07, 6.45) is 7.91. The minimum Gasteiger partial charge on any atom is -0.491 e. The van der Waals surface area contributed by atoms with Crippen LogP contribution in [0.2, 0.25) is 0 Å². The monoisotopic (exact) mass is 480 g/mol. The number of rotatable bonds is 9. The molecule has 186 valence electrons. The Morgan fingerprint density at radius 2 is 1.46 bits per heavy atom. The number of aryl methyl sites for hydroxylation is 2. The van der Waals surface area contributed by atoms with Gasteiger partial charge >= 0.3 is 0 Å². The summed E-state index contributed by atoms with van der Waals surface area (Å²) < 4.78 is 49.5. The van der Waals surface area contributed by atoms with Gasteiger partial charge in [-0.3, -0.25) is 0 Å². The van der Waals surface area contributed by atoms with Crippen LogP contribution in [0.1, 0.15) is 75.0 Å². The molecule has 0 bridgehead atoms. The average Bonchev–Trinajstić information content (AvgIpc) is 2.87. The van der Waals surface area contributed by atoms with Crippen LogP contribution in [0, 0.1) is 23.4 Å². The van der Waals surface area contributed by atoms with E-state index in [1.165, 1.54) is 18.9 Å². The largest absolute Gasteiger partial charge is 0.491 e.